The molecule has 2 fully saturated rings. The number of hydrogen-bond acceptors (Lipinski definition) is 7. The van der Waals surface area contributed by atoms with Gasteiger partial charge in [0.2, 0.25) is 5.75 Å². The molecule has 9 heteroatoms. The van der Waals surface area contributed by atoms with Crippen LogP contribution in [0.25, 0.3) is 10.8 Å². The van der Waals surface area contributed by atoms with Gasteiger partial charge in [-0.05, 0) is 40.7 Å². The first kappa shape index (κ1) is 22.9. The van der Waals surface area contributed by atoms with Crippen LogP contribution in [0, 0.1) is 33.8 Å². The Bertz CT molecular complexity index is 1480. The summed E-state index contributed by atoms with van der Waals surface area (Å²) in [6.07, 6.45) is 6.12. The van der Waals surface area contributed by atoms with E-state index in [4.69, 9.17) is 9.47 Å². The van der Waals surface area contributed by atoms with Gasteiger partial charge in [-0.1, -0.05) is 54.6 Å². The summed E-state index contributed by atoms with van der Waals surface area (Å²) in [5.74, 6) is -1.09. The average Bonchev–Trinajstić information content (AvgIpc) is 3.60. The zero-order valence-corrected chi connectivity index (χ0v) is 19.9. The lowest BCUT2D eigenvalue weighted by atomic mass is 9.85. The van der Waals surface area contributed by atoms with Crippen molar-refractivity contribution in [2.75, 3.05) is 7.11 Å². The molecular formula is C28H23N3O6. The lowest BCUT2D eigenvalue weighted by Crippen LogP contribution is -2.28. The van der Waals surface area contributed by atoms with E-state index in [1.54, 1.807) is 0 Å². The maximum atomic E-state index is 12.9. The molecule has 4 atom stereocenters. The second kappa shape index (κ2) is 8.85. The van der Waals surface area contributed by atoms with Gasteiger partial charge >= 0.3 is 5.69 Å². The van der Waals surface area contributed by atoms with Crippen LogP contribution in [0.5, 0.6) is 11.5 Å². The largest absolute Gasteiger partial charge is 0.493 e. The molecule has 0 spiro atoms. The van der Waals surface area contributed by atoms with Crippen molar-refractivity contribution in [2.45, 2.75) is 13.0 Å². The summed E-state index contributed by atoms with van der Waals surface area (Å²) in [4.78, 5) is 37.1. The van der Waals surface area contributed by atoms with E-state index >= 15 is 0 Å². The van der Waals surface area contributed by atoms with Crippen LogP contribution in [0.3, 0.4) is 0 Å². The van der Waals surface area contributed by atoms with Crippen LogP contribution in [0.2, 0.25) is 0 Å². The molecule has 4 unspecified atom stereocenters. The van der Waals surface area contributed by atoms with Gasteiger partial charge in [0.15, 0.2) is 5.75 Å². The third kappa shape index (κ3) is 3.74. The molecule has 3 aliphatic rings. The molecule has 3 aromatic rings. The summed E-state index contributed by atoms with van der Waals surface area (Å²) in [6.45, 7) is 0.0991. The van der Waals surface area contributed by atoms with Crippen molar-refractivity contribution in [3.8, 4) is 11.5 Å². The monoisotopic (exact) mass is 497 g/mol. The molecular weight excluding hydrogens is 474 g/mol. The minimum atomic E-state index is -0.557. The third-order valence-corrected chi connectivity index (χ3v) is 7.50. The molecule has 2 amide bonds. The molecule has 1 aliphatic heterocycles. The Labute approximate surface area is 212 Å². The van der Waals surface area contributed by atoms with Gasteiger partial charge in [-0.15, -0.1) is 0 Å². The molecule has 1 heterocycles. The minimum Gasteiger partial charge on any atom is -0.493 e. The number of ether oxygens (including phenoxy) is 2. The number of hydrazone groups is 1. The molecule has 37 heavy (non-hydrogen) atoms. The number of nitrogens with zero attached hydrogens (tertiary/aromatic N) is 3. The molecule has 1 saturated heterocycles. The Morgan fingerprint density at radius 1 is 1.05 bits per heavy atom. The van der Waals surface area contributed by atoms with Gasteiger partial charge in [-0.25, -0.2) is 0 Å². The summed E-state index contributed by atoms with van der Waals surface area (Å²) in [5.41, 5.74) is 0.874. The Hall–Kier alpha value is -4.53. The van der Waals surface area contributed by atoms with Crippen molar-refractivity contribution in [3.63, 3.8) is 0 Å². The van der Waals surface area contributed by atoms with Gasteiger partial charge in [0.25, 0.3) is 11.8 Å². The summed E-state index contributed by atoms with van der Waals surface area (Å²) >= 11 is 0. The van der Waals surface area contributed by atoms with E-state index in [0.29, 0.717) is 5.56 Å². The maximum absolute atomic E-state index is 12.9. The highest BCUT2D eigenvalue weighted by atomic mass is 16.6. The van der Waals surface area contributed by atoms with Crippen LogP contribution in [0.15, 0.2) is 71.9 Å². The highest BCUT2D eigenvalue weighted by Crippen LogP contribution is 2.52. The van der Waals surface area contributed by atoms with E-state index in [1.165, 1.54) is 25.5 Å². The van der Waals surface area contributed by atoms with Crippen LogP contribution in [0.1, 0.15) is 17.5 Å². The van der Waals surface area contributed by atoms with Crippen LogP contribution in [-0.4, -0.2) is 35.1 Å². The Morgan fingerprint density at radius 3 is 2.46 bits per heavy atom. The number of carbonyl (C=O) groups is 2. The number of allylic oxidation sites excluding steroid dienone is 2. The lowest BCUT2D eigenvalue weighted by Gasteiger charge is -2.14. The predicted molar refractivity (Wildman–Crippen MR) is 135 cm³/mol. The van der Waals surface area contributed by atoms with E-state index in [9.17, 15) is 19.7 Å². The SMILES string of the molecule is COc1cc(C=NN2C(=O)C3C4C=CC(C4)C3C2=O)cc([N+](=O)[O-])c1OCc1cccc2ccccc12. The van der Waals surface area contributed by atoms with E-state index in [0.717, 1.165) is 27.8 Å². The fraction of sp³-hybridized carbons (Fsp3) is 0.250. The first-order valence-corrected chi connectivity index (χ1v) is 12.0. The summed E-state index contributed by atoms with van der Waals surface area (Å²) in [5, 5.41) is 19.0. The zero-order chi connectivity index (χ0) is 25.7. The number of carbonyl (C=O) groups excluding carboxylic acids is 2. The summed E-state index contributed by atoms with van der Waals surface area (Å²) < 4.78 is 11.3. The maximum Gasteiger partial charge on any atom is 0.315 e. The van der Waals surface area contributed by atoms with Crippen molar-refractivity contribution >= 4 is 34.5 Å². The van der Waals surface area contributed by atoms with Crippen molar-refractivity contribution in [2.24, 2.45) is 28.8 Å². The summed E-state index contributed by atoms with van der Waals surface area (Å²) in [7, 11) is 1.39. The van der Waals surface area contributed by atoms with Gasteiger partial charge in [0.05, 0.1) is 30.1 Å². The second-order valence-electron chi connectivity index (χ2n) is 9.49. The molecule has 2 aliphatic carbocycles. The van der Waals surface area contributed by atoms with Gasteiger partial charge < -0.3 is 9.47 Å². The van der Waals surface area contributed by atoms with Gasteiger partial charge in [0.1, 0.15) is 6.61 Å². The fourth-order valence-electron chi connectivity index (χ4n) is 5.81. The van der Waals surface area contributed by atoms with Crippen molar-refractivity contribution in [1.82, 2.24) is 5.01 Å². The van der Waals surface area contributed by atoms with Crippen LogP contribution >= 0.6 is 0 Å². The van der Waals surface area contributed by atoms with E-state index in [2.05, 4.69) is 5.10 Å². The number of imide groups is 1. The first-order valence-electron chi connectivity index (χ1n) is 12.0. The molecule has 3 aromatic carbocycles. The highest BCUT2D eigenvalue weighted by Gasteiger charge is 2.59. The first-order chi connectivity index (χ1) is 18.0. The number of benzene rings is 3. The zero-order valence-electron chi connectivity index (χ0n) is 19.9. The summed E-state index contributed by atoms with van der Waals surface area (Å²) in [6, 6.07) is 16.4. The van der Waals surface area contributed by atoms with E-state index < -0.39 is 4.92 Å². The molecule has 0 radical (unpaired) electrons. The van der Waals surface area contributed by atoms with Crippen molar-refractivity contribution < 1.29 is 24.0 Å². The highest BCUT2D eigenvalue weighted by molar-refractivity contribution is 6.06. The number of rotatable bonds is 7. The van der Waals surface area contributed by atoms with Crippen LogP contribution < -0.4 is 9.47 Å². The van der Waals surface area contributed by atoms with Crippen LogP contribution in [-0.2, 0) is 16.2 Å². The second-order valence-corrected chi connectivity index (χ2v) is 9.49. The van der Waals surface area contributed by atoms with Gasteiger partial charge in [-0.2, -0.15) is 10.1 Å². The normalized spacial score (nSPS) is 23.9. The topological polar surface area (TPSA) is 111 Å². The molecule has 1 saturated carbocycles. The number of nitro benzene ring substituents is 1. The van der Waals surface area contributed by atoms with Crippen molar-refractivity contribution in [3.05, 3.63) is 88.0 Å². The molecule has 186 valence electrons. The quantitative estimate of drug-likeness (QED) is 0.156. The number of nitro groups is 1. The number of methoxy groups -OCH3 is 1. The average molecular weight is 498 g/mol. The predicted octanol–water partition coefficient (Wildman–Crippen LogP) is 4.48. The Morgan fingerprint density at radius 2 is 1.76 bits per heavy atom. The third-order valence-electron chi connectivity index (χ3n) is 7.50. The molecule has 0 N–H and O–H groups in total. The fourth-order valence-corrected chi connectivity index (χ4v) is 5.81. The van der Waals surface area contributed by atoms with E-state index in [1.807, 2.05) is 54.6 Å². The molecule has 6 rings (SSSR count). The minimum absolute atomic E-state index is 0.0110. The standard InChI is InChI=1S/C28H23N3O6/c1-36-23-12-16(14-29-30-27(32)24-18-9-10-19(13-18)25(24)28(30)33)11-22(31(34)35)26(23)37-15-20-7-4-6-17-5-2-3-8-21(17)20/h2-12,14,18-19,24-25H,13,15H2,1H3. The molecule has 2 bridgehead atoms. The van der Waals surface area contributed by atoms with Crippen LogP contribution in [0.4, 0.5) is 5.69 Å². The number of hydrogen-bond donors (Lipinski definition) is 0. The number of amides is 2. The lowest BCUT2D eigenvalue weighted by molar-refractivity contribution is -0.386. The van der Waals surface area contributed by atoms with Crippen molar-refractivity contribution in [1.29, 1.82) is 0 Å². The van der Waals surface area contributed by atoms with E-state index in [-0.39, 0.29) is 59.3 Å². The molecule has 0 aromatic heterocycles. The number of fused-ring (bicyclic) bond motifs is 6. The molecule has 9 nitrogen and oxygen atoms in total. The van der Waals surface area contributed by atoms with Gasteiger partial charge in [0, 0.05) is 11.6 Å². The Balaban J connectivity index is 1.27. The smallest absolute Gasteiger partial charge is 0.315 e. The Kier molecular flexibility index (Phi) is 5.48. The van der Waals surface area contributed by atoms with Gasteiger partial charge in [-0.3, -0.25) is 19.7 Å².